The molecule has 1 N–H and O–H groups in total. The first kappa shape index (κ1) is 15.3. The van der Waals surface area contributed by atoms with Crippen molar-refractivity contribution in [1.29, 1.82) is 0 Å². The van der Waals surface area contributed by atoms with Crippen molar-refractivity contribution in [2.75, 3.05) is 0 Å². The molecule has 25 heavy (non-hydrogen) atoms. The van der Waals surface area contributed by atoms with E-state index >= 15 is 0 Å². The molecule has 0 spiro atoms. The van der Waals surface area contributed by atoms with Gasteiger partial charge >= 0.3 is 0 Å². The molecule has 4 aromatic rings. The molecular formula is C16H11N5O3S. The van der Waals surface area contributed by atoms with Gasteiger partial charge in [-0.05, 0) is 36.4 Å². The first-order valence-electron chi connectivity index (χ1n) is 7.26. The van der Waals surface area contributed by atoms with Gasteiger partial charge in [0.2, 0.25) is 17.7 Å². The van der Waals surface area contributed by atoms with Crippen molar-refractivity contribution >= 4 is 11.8 Å². The molecule has 0 atom stereocenters. The van der Waals surface area contributed by atoms with E-state index in [-0.39, 0.29) is 5.75 Å². The van der Waals surface area contributed by atoms with Gasteiger partial charge in [-0.25, -0.2) is 0 Å². The standard InChI is InChI=1S/C16H11N5O3S/c22-12-3-1-10(2-4-12)14-19-18-13(23-14)9-25-16-21-20-15(24-16)11-5-7-17-8-6-11/h1-8,22H,9H2. The summed E-state index contributed by atoms with van der Waals surface area (Å²) in [5.41, 5.74) is 1.54. The average molecular weight is 353 g/mol. The summed E-state index contributed by atoms with van der Waals surface area (Å²) in [6, 6.07) is 10.1. The summed E-state index contributed by atoms with van der Waals surface area (Å²) in [5.74, 6) is 1.85. The lowest BCUT2D eigenvalue weighted by Gasteiger charge is -1.95. The molecule has 0 fully saturated rings. The predicted molar refractivity (Wildman–Crippen MR) is 88.5 cm³/mol. The highest BCUT2D eigenvalue weighted by Gasteiger charge is 2.13. The molecule has 0 aliphatic carbocycles. The quantitative estimate of drug-likeness (QED) is 0.541. The Morgan fingerprint density at radius 1 is 0.800 bits per heavy atom. The minimum atomic E-state index is 0.181. The molecule has 0 amide bonds. The van der Waals surface area contributed by atoms with Crippen LogP contribution in [0.25, 0.3) is 22.9 Å². The monoisotopic (exact) mass is 353 g/mol. The Balaban J connectivity index is 1.42. The molecule has 8 nitrogen and oxygen atoms in total. The normalized spacial score (nSPS) is 10.9. The SMILES string of the molecule is Oc1ccc(-c2nnc(CSc3nnc(-c4ccncc4)o3)o2)cc1. The Hall–Kier alpha value is -3.20. The Kier molecular flexibility index (Phi) is 4.13. The zero-order valence-corrected chi connectivity index (χ0v) is 13.6. The molecule has 1 aromatic carbocycles. The number of hydrogen-bond acceptors (Lipinski definition) is 9. The molecule has 0 bridgehead atoms. The number of rotatable bonds is 5. The van der Waals surface area contributed by atoms with Gasteiger partial charge in [0.1, 0.15) is 5.75 Å². The smallest absolute Gasteiger partial charge is 0.277 e. The molecule has 9 heteroatoms. The van der Waals surface area contributed by atoms with Crippen LogP contribution in [-0.4, -0.2) is 30.5 Å². The maximum atomic E-state index is 9.31. The largest absolute Gasteiger partial charge is 0.508 e. The number of phenolic OH excluding ortho intramolecular Hbond substituents is 1. The highest BCUT2D eigenvalue weighted by Crippen LogP contribution is 2.26. The van der Waals surface area contributed by atoms with Crippen LogP contribution in [0.5, 0.6) is 5.75 Å². The fourth-order valence-electron chi connectivity index (χ4n) is 2.04. The summed E-state index contributed by atoms with van der Waals surface area (Å²) >= 11 is 1.31. The third kappa shape index (κ3) is 3.50. The molecule has 3 aromatic heterocycles. The van der Waals surface area contributed by atoms with E-state index in [0.717, 1.165) is 11.1 Å². The lowest BCUT2D eigenvalue weighted by molar-refractivity contribution is 0.464. The lowest BCUT2D eigenvalue weighted by atomic mass is 10.2. The van der Waals surface area contributed by atoms with E-state index in [0.29, 0.717) is 28.6 Å². The van der Waals surface area contributed by atoms with Crippen molar-refractivity contribution in [2.24, 2.45) is 0 Å². The van der Waals surface area contributed by atoms with Crippen molar-refractivity contribution < 1.29 is 13.9 Å². The topological polar surface area (TPSA) is 111 Å². The second kappa shape index (κ2) is 6.73. The Morgan fingerprint density at radius 2 is 1.48 bits per heavy atom. The first-order chi connectivity index (χ1) is 12.3. The van der Waals surface area contributed by atoms with E-state index in [1.807, 2.05) is 0 Å². The van der Waals surface area contributed by atoms with Crippen LogP contribution in [0.15, 0.2) is 62.8 Å². The maximum absolute atomic E-state index is 9.31. The van der Waals surface area contributed by atoms with Crippen molar-refractivity contribution in [3.05, 3.63) is 54.7 Å². The van der Waals surface area contributed by atoms with Crippen LogP contribution in [-0.2, 0) is 5.75 Å². The summed E-state index contributed by atoms with van der Waals surface area (Å²) in [4.78, 5) is 3.95. The van der Waals surface area contributed by atoms with Crippen molar-refractivity contribution in [2.45, 2.75) is 11.0 Å². The minimum Gasteiger partial charge on any atom is -0.508 e. The van der Waals surface area contributed by atoms with Crippen molar-refractivity contribution in [1.82, 2.24) is 25.4 Å². The van der Waals surface area contributed by atoms with E-state index in [2.05, 4.69) is 25.4 Å². The van der Waals surface area contributed by atoms with Gasteiger partial charge in [-0.15, -0.1) is 20.4 Å². The van der Waals surface area contributed by atoms with Crippen LogP contribution in [0.4, 0.5) is 0 Å². The summed E-state index contributed by atoms with van der Waals surface area (Å²) in [5, 5.41) is 25.7. The van der Waals surface area contributed by atoms with Gasteiger partial charge in [-0.1, -0.05) is 11.8 Å². The van der Waals surface area contributed by atoms with E-state index in [1.54, 1.807) is 48.8 Å². The predicted octanol–water partition coefficient (Wildman–Crippen LogP) is 3.18. The van der Waals surface area contributed by atoms with Crippen LogP contribution < -0.4 is 0 Å². The third-order valence-electron chi connectivity index (χ3n) is 3.23. The molecule has 0 saturated carbocycles. The van der Waals surface area contributed by atoms with Gasteiger partial charge < -0.3 is 13.9 Å². The number of thioether (sulfide) groups is 1. The number of aromatic hydroxyl groups is 1. The Bertz CT molecular complexity index is 969. The highest BCUT2D eigenvalue weighted by molar-refractivity contribution is 7.98. The minimum absolute atomic E-state index is 0.181. The van der Waals surface area contributed by atoms with Gasteiger partial charge in [0.05, 0.1) is 5.75 Å². The molecule has 3 heterocycles. The van der Waals surface area contributed by atoms with Gasteiger partial charge in [0, 0.05) is 23.5 Å². The van der Waals surface area contributed by atoms with Gasteiger partial charge in [-0.3, -0.25) is 4.98 Å². The molecule has 0 aliphatic heterocycles. The number of benzene rings is 1. The van der Waals surface area contributed by atoms with Crippen LogP contribution in [0.2, 0.25) is 0 Å². The van der Waals surface area contributed by atoms with E-state index in [1.165, 1.54) is 11.8 Å². The van der Waals surface area contributed by atoms with Crippen molar-refractivity contribution in [3.63, 3.8) is 0 Å². The molecule has 0 aliphatic rings. The van der Waals surface area contributed by atoms with Gasteiger partial charge in [-0.2, -0.15) is 0 Å². The number of pyridine rings is 1. The fourth-order valence-corrected chi connectivity index (χ4v) is 2.64. The van der Waals surface area contributed by atoms with Crippen molar-refractivity contribution in [3.8, 4) is 28.7 Å². The average Bonchev–Trinajstić information content (AvgIpc) is 3.31. The second-order valence-corrected chi connectivity index (χ2v) is 5.87. The van der Waals surface area contributed by atoms with Crippen LogP contribution in [0, 0.1) is 0 Å². The molecule has 4 rings (SSSR count). The van der Waals surface area contributed by atoms with Crippen LogP contribution in [0.1, 0.15) is 5.89 Å². The van der Waals surface area contributed by atoms with Gasteiger partial charge in [0.25, 0.3) is 5.22 Å². The first-order valence-corrected chi connectivity index (χ1v) is 8.25. The Morgan fingerprint density at radius 3 is 2.28 bits per heavy atom. The number of nitrogens with zero attached hydrogens (tertiary/aromatic N) is 5. The molecule has 0 unspecified atom stereocenters. The molecule has 124 valence electrons. The van der Waals surface area contributed by atoms with E-state index in [4.69, 9.17) is 8.83 Å². The summed E-state index contributed by atoms with van der Waals surface area (Å²) in [6.45, 7) is 0. The summed E-state index contributed by atoms with van der Waals surface area (Å²) < 4.78 is 11.2. The molecule has 0 saturated heterocycles. The fraction of sp³-hybridized carbons (Fsp3) is 0.0625. The maximum Gasteiger partial charge on any atom is 0.277 e. The zero-order valence-electron chi connectivity index (χ0n) is 12.7. The lowest BCUT2D eigenvalue weighted by Crippen LogP contribution is -1.80. The van der Waals surface area contributed by atoms with Crippen LogP contribution >= 0.6 is 11.8 Å². The van der Waals surface area contributed by atoms with Crippen LogP contribution in [0.3, 0.4) is 0 Å². The number of hydrogen-bond donors (Lipinski definition) is 1. The number of phenols is 1. The number of aromatic nitrogens is 5. The Labute approximate surface area is 146 Å². The molecule has 0 radical (unpaired) electrons. The van der Waals surface area contributed by atoms with E-state index in [9.17, 15) is 5.11 Å². The van der Waals surface area contributed by atoms with E-state index < -0.39 is 0 Å². The molecular weight excluding hydrogens is 342 g/mol. The third-order valence-corrected chi connectivity index (χ3v) is 4.04. The highest BCUT2D eigenvalue weighted by atomic mass is 32.2. The second-order valence-electron chi connectivity index (χ2n) is 4.95. The summed E-state index contributed by atoms with van der Waals surface area (Å²) in [6.07, 6.45) is 3.32. The zero-order chi connectivity index (χ0) is 17.1. The van der Waals surface area contributed by atoms with Gasteiger partial charge in [0.15, 0.2) is 0 Å². The summed E-state index contributed by atoms with van der Waals surface area (Å²) in [7, 11) is 0.